The van der Waals surface area contributed by atoms with Crippen molar-refractivity contribution in [3.8, 4) is 0 Å². The number of hydrogen-bond donors (Lipinski definition) is 0. The van der Waals surface area contributed by atoms with Crippen LogP contribution in [-0.4, -0.2) is 8.07 Å². The molecule has 0 unspecified atom stereocenters. The highest BCUT2D eigenvalue weighted by molar-refractivity contribution is 6.93. The van der Waals surface area contributed by atoms with Crippen molar-refractivity contribution < 1.29 is 0 Å². The monoisotopic (exact) mass is 196 g/mol. The van der Waals surface area contributed by atoms with Gasteiger partial charge in [0.25, 0.3) is 0 Å². The Morgan fingerprint density at radius 3 is 2.17 bits per heavy atom. The first kappa shape index (κ1) is 9.55. The Morgan fingerprint density at radius 2 is 1.75 bits per heavy atom. The zero-order chi connectivity index (χ0) is 9.19. The lowest BCUT2D eigenvalue weighted by atomic mass is 10.4. The summed E-state index contributed by atoms with van der Waals surface area (Å²) < 4.78 is 0. The van der Waals surface area contributed by atoms with Crippen LogP contribution in [0.2, 0.25) is 18.1 Å². The molecule has 0 aliphatic rings. The molecule has 2 heteroatoms. The van der Waals surface area contributed by atoms with Crippen LogP contribution in [0.25, 0.3) is 0 Å². The van der Waals surface area contributed by atoms with Gasteiger partial charge in [0.05, 0.1) is 0 Å². The van der Waals surface area contributed by atoms with Gasteiger partial charge in [-0.2, -0.15) is 0 Å². The maximum Gasteiger partial charge on any atom is 0.103 e. The summed E-state index contributed by atoms with van der Waals surface area (Å²) in [6, 6.07) is 8.07. The fourth-order valence-electron chi connectivity index (χ4n) is 0.997. The van der Waals surface area contributed by atoms with E-state index in [2.05, 4.69) is 37.5 Å². The molecule has 0 heterocycles. The molecule has 0 saturated heterocycles. The van der Waals surface area contributed by atoms with Crippen molar-refractivity contribution in [2.45, 2.75) is 13.1 Å². The van der Waals surface area contributed by atoms with Gasteiger partial charge in [-0.25, -0.2) is 0 Å². The van der Waals surface area contributed by atoms with Crippen LogP contribution in [0.1, 0.15) is 0 Å². The molecule has 0 spiro atoms. The first-order valence-electron chi connectivity index (χ1n) is 3.96. The summed E-state index contributed by atoms with van der Waals surface area (Å²) in [5.74, 6) is 0. The Bertz CT molecular complexity index is 274. The molecule has 0 nitrogen and oxygen atoms in total. The van der Waals surface area contributed by atoms with Gasteiger partial charge < -0.3 is 0 Å². The van der Waals surface area contributed by atoms with E-state index in [1.807, 2.05) is 12.1 Å². The summed E-state index contributed by atoms with van der Waals surface area (Å²) in [5.41, 5.74) is 2.08. The first-order chi connectivity index (χ1) is 5.56. The highest BCUT2D eigenvalue weighted by atomic mass is 35.5. The molecule has 1 aromatic carbocycles. The average molecular weight is 197 g/mol. The van der Waals surface area contributed by atoms with Crippen LogP contribution < -0.4 is 5.19 Å². The van der Waals surface area contributed by atoms with Crippen LogP contribution >= 0.6 is 11.6 Å². The minimum absolute atomic E-state index is 0.799. The topological polar surface area (TPSA) is 0 Å². The van der Waals surface area contributed by atoms with E-state index in [9.17, 15) is 0 Å². The maximum absolute atomic E-state index is 5.79. The third-order valence-electron chi connectivity index (χ3n) is 2.10. The summed E-state index contributed by atoms with van der Waals surface area (Å²) in [6.07, 6.45) is 0. The molecule has 0 atom stereocenters. The number of rotatable bonds is 2. The molecule has 0 N–H and O–H groups in total. The van der Waals surface area contributed by atoms with Crippen molar-refractivity contribution >= 4 is 24.9 Å². The van der Waals surface area contributed by atoms with E-state index in [1.54, 1.807) is 0 Å². The molecule has 0 aromatic heterocycles. The van der Waals surface area contributed by atoms with Crippen LogP contribution in [0.4, 0.5) is 0 Å². The summed E-state index contributed by atoms with van der Waals surface area (Å²) in [7, 11) is -1.37. The van der Waals surface area contributed by atoms with Gasteiger partial charge in [0.15, 0.2) is 0 Å². The summed E-state index contributed by atoms with van der Waals surface area (Å²) in [4.78, 5) is 0. The van der Waals surface area contributed by atoms with Crippen LogP contribution in [0.3, 0.4) is 0 Å². The van der Waals surface area contributed by atoms with Gasteiger partial charge in [-0.3, -0.25) is 0 Å². The SMILES string of the molecule is C=C[Si](C)(C)c1ccc(Cl)cc1. The van der Waals surface area contributed by atoms with Gasteiger partial charge in [0.2, 0.25) is 0 Å². The molecule has 0 saturated carbocycles. The smallest absolute Gasteiger partial charge is 0.103 e. The van der Waals surface area contributed by atoms with Crippen LogP contribution in [0, 0.1) is 0 Å². The van der Waals surface area contributed by atoms with E-state index in [1.165, 1.54) is 5.19 Å². The molecule has 64 valence electrons. The highest BCUT2D eigenvalue weighted by Gasteiger charge is 2.17. The second kappa shape index (κ2) is 3.46. The minimum atomic E-state index is -1.37. The quantitative estimate of drug-likeness (QED) is 0.639. The van der Waals surface area contributed by atoms with Gasteiger partial charge in [0.1, 0.15) is 8.07 Å². The third-order valence-corrected chi connectivity index (χ3v) is 5.19. The molecule has 0 amide bonds. The molecule has 0 aliphatic carbocycles. The molecule has 0 radical (unpaired) electrons. The molecule has 0 aliphatic heterocycles. The van der Waals surface area contributed by atoms with E-state index in [0.29, 0.717) is 0 Å². The first-order valence-corrected chi connectivity index (χ1v) is 7.41. The molecule has 1 aromatic rings. The predicted molar refractivity (Wildman–Crippen MR) is 58.8 cm³/mol. The van der Waals surface area contributed by atoms with E-state index < -0.39 is 8.07 Å². The minimum Gasteiger partial charge on any atom is -0.107 e. The van der Waals surface area contributed by atoms with E-state index in [-0.39, 0.29) is 0 Å². The van der Waals surface area contributed by atoms with Gasteiger partial charge in [-0.15, -0.1) is 6.58 Å². The Balaban J connectivity index is 3.04. The second-order valence-electron chi connectivity index (χ2n) is 3.43. The van der Waals surface area contributed by atoms with Crippen molar-refractivity contribution in [1.29, 1.82) is 0 Å². The second-order valence-corrected chi connectivity index (χ2v) is 8.30. The van der Waals surface area contributed by atoms with Gasteiger partial charge in [-0.1, -0.05) is 47.7 Å². The molecule has 0 bridgehead atoms. The summed E-state index contributed by atoms with van der Waals surface area (Å²) >= 11 is 5.79. The van der Waals surface area contributed by atoms with Crippen LogP contribution in [0.5, 0.6) is 0 Å². The highest BCUT2D eigenvalue weighted by Crippen LogP contribution is 2.08. The van der Waals surface area contributed by atoms with E-state index in [4.69, 9.17) is 11.6 Å². The van der Waals surface area contributed by atoms with Crippen molar-refractivity contribution in [2.75, 3.05) is 0 Å². The van der Waals surface area contributed by atoms with E-state index in [0.717, 1.165) is 5.02 Å². The van der Waals surface area contributed by atoms with Crippen molar-refractivity contribution in [1.82, 2.24) is 0 Å². The van der Waals surface area contributed by atoms with Crippen LogP contribution in [-0.2, 0) is 0 Å². The maximum atomic E-state index is 5.79. The molecule has 1 rings (SSSR count). The molecule has 0 fully saturated rings. The zero-order valence-corrected chi connectivity index (χ0v) is 9.23. The third kappa shape index (κ3) is 1.99. The molecular formula is C10H13ClSi. The number of hydrogen-bond acceptors (Lipinski definition) is 0. The van der Waals surface area contributed by atoms with Crippen molar-refractivity contribution in [2.24, 2.45) is 0 Å². The lowest BCUT2D eigenvalue weighted by molar-refractivity contribution is 1.71. The van der Waals surface area contributed by atoms with Crippen molar-refractivity contribution in [3.05, 3.63) is 41.6 Å². The lowest BCUT2D eigenvalue weighted by Crippen LogP contribution is -2.38. The Labute approximate surface area is 79.9 Å². The van der Waals surface area contributed by atoms with Gasteiger partial charge in [-0.05, 0) is 12.1 Å². The number of benzene rings is 1. The Hall–Kier alpha value is -0.533. The standard InChI is InChI=1S/C10H13ClSi/c1-4-12(2,3)10-7-5-9(11)6-8-10/h4-8H,1H2,2-3H3. The van der Waals surface area contributed by atoms with Crippen molar-refractivity contribution in [3.63, 3.8) is 0 Å². The fraction of sp³-hybridized carbons (Fsp3) is 0.200. The molecule has 12 heavy (non-hydrogen) atoms. The Morgan fingerprint density at radius 1 is 1.25 bits per heavy atom. The lowest BCUT2D eigenvalue weighted by Gasteiger charge is -2.17. The normalized spacial score (nSPS) is 11.2. The van der Waals surface area contributed by atoms with Gasteiger partial charge in [0, 0.05) is 5.02 Å². The number of halogens is 1. The fourth-order valence-corrected chi connectivity index (χ4v) is 2.38. The average Bonchev–Trinajstić information content (AvgIpc) is 2.05. The largest absolute Gasteiger partial charge is 0.107 e. The Kier molecular flexibility index (Phi) is 2.75. The van der Waals surface area contributed by atoms with Gasteiger partial charge >= 0.3 is 0 Å². The van der Waals surface area contributed by atoms with E-state index >= 15 is 0 Å². The predicted octanol–water partition coefficient (Wildman–Crippen LogP) is 2.98. The summed E-state index contributed by atoms with van der Waals surface area (Å²) in [6.45, 7) is 8.39. The molecular weight excluding hydrogens is 184 g/mol. The summed E-state index contributed by atoms with van der Waals surface area (Å²) in [5, 5.41) is 2.18. The zero-order valence-electron chi connectivity index (χ0n) is 7.47. The van der Waals surface area contributed by atoms with Crippen LogP contribution in [0.15, 0.2) is 36.5 Å².